The normalized spacial score (nSPS) is 10.4. The summed E-state index contributed by atoms with van der Waals surface area (Å²) in [6.07, 6.45) is 1.86. The molecule has 2 rings (SSSR count). The van der Waals surface area contributed by atoms with Gasteiger partial charge in [0, 0.05) is 5.69 Å². The number of H-pyrrole nitrogens is 1. The molecule has 5 nitrogen and oxygen atoms in total. The first-order valence-corrected chi connectivity index (χ1v) is 6.93. The second kappa shape index (κ2) is 6.92. The van der Waals surface area contributed by atoms with Crippen molar-refractivity contribution in [3.63, 3.8) is 0 Å². The van der Waals surface area contributed by atoms with Crippen LogP contribution in [0.4, 0.5) is 0 Å². The summed E-state index contributed by atoms with van der Waals surface area (Å²) in [6, 6.07) is 6.96. The van der Waals surface area contributed by atoms with Gasteiger partial charge in [0.05, 0.1) is 25.0 Å². The van der Waals surface area contributed by atoms with Crippen molar-refractivity contribution in [2.75, 3.05) is 13.7 Å². The van der Waals surface area contributed by atoms with E-state index < -0.39 is 0 Å². The molecule has 0 aliphatic heterocycles. The lowest BCUT2D eigenvalue weighted by Crippen LogP contribution is -2.02. The number of methoxy groups -OCH3 is 1. The third-order valence-electron chi connectivity index (χ3n) is 3.40. The molecule has 0 radical (unpaired) electrons. The van der Waals surface area contributed by atoms with Crippen molar-refractivity contribution in [1.29, 1.82) is 0 Å². The van der Waals surface area contributed by atoms with Crippen LogP contribution in [0.5, 0.6) is 5.75 Å². The maximum absolute atomic E-state index is 11.3. The smallest absolute Gasteiger partial charge is 0.337 e. The molecule has 0 saturated heterocycles. The molecule has 0 fully saturated rings. The maximum Gasteiger partial charge on any atom is 0.337 e. The molecule has 0 saturated carbocycles. The zero-order valence-corrected chi connectivity index (χ0v) is 12.6. The number of nitrogens with zero attached hydrogens (tertiary/aromatic N) is 1. The summed E-state index contributed by atoms with van der Waals surface area (Å²) in [6.45, 7) is 4.66. The average molecular weight is 288 g/mol. The summed E-state index contributed by atoms with van der Waals surface area (Å²) >= 11 is 0. The van der Waals surface area contributed by atoms with E-state index in [-0.39, 0.29) is 5.97 Å². The lowest BCUT2D eigenvalue weighted by atomic mass is 10.1. The van der Waals surface area contributed by atoms with Crippen LogP contribution < -0.4 is 4.74 Å². The number of aryl methyl sites for hydroxylation is 2. The van der Waals surface area contributed by atoms with Gasteiger partial charge >= 0.3 is 5.97 Å². The lowest BCUT2D eigenvalue weighted by molar-refractivity contribution is 0.0600. The number of ether oxygens (including phenoxy) is 2. The SMILES string of the molecule is COC(=O)c1ccc(OCCCc2c(C)n[nH]c2C)cc1. The molecule has 0 atom stereocenters. The van der Waals surface area contributed by atoms with Crippen LogP contribution in [-0.4, -0.2) is 29.9 Å². The Hall–Kier alpha value is -2.30. The first-order chi connectivity index (χ1) is 10.1. The van der Waals surface area contributed by atoms with Crippen LogP contribution in [0.1, 0.15) is 33.7 Å². The Morgan fingerprint density at radius 2 is 1.95 bits per heavy atom. The van der Waals surface area contributed by atoms with Crippen molar-refractivity contribution < 1.29 is 14.3 Å². The quantitative estimate of drug-likeness (QED) is 0.655. The molecular formula is C16H20N2O3. The Morgan fingerprint density at radius 1 is 1.24 bits per heavy atom. The van der Waals surface area contributed by atoms with Crippen LogP contribution in [-0.2, 0) is 11.2 Å². The molecule has 1 aromatic heterocycles. The average Bonchev–Trinajstić information content (AvgIpc) is 2.82. The van der Waals surface area contributed by atoms with Crippen LogP contribution in [0.2, 0.25) is 0 Å². The van der Waals surface area contributed by atoms with Crippen LogP contribution in [0, 0.1) is 13.8 Å². The Balaban J connectivity index is 1.80. The lowest BCUT2D eigenvalue weighted by Gasteiger charge is -2.07. The number of hydrogen-bond acceptors (Lipinski definition) is 4. The Morgan fingerprint density at radius 3 is 2.52 bits per heavy atom. The van der Waals surface area contributed by atoms with Crippen LogP contribution >= 0.6 is 0 Å². The predicted octanol–water partition coefficient (Wildman–Crippen LogP) is 2.82. The molecule has 1 N–H and O–H groups in total. The zero-order valence-electron chi connectivity index (χ0n) is 12.6. The van der Waals surface area contributed by atoms with Crippen LogP contribution in [0.3, 0.4) is 0 Å². The van der Waals surface area contributed by atoms with Crippen LogP contribution in [0.15, 0.2) is 24.3 Å². The topological polar surface area (TPSA) is 64.2 Å². The van der Waals surface area contributed by atoms with Crippen molar-refractivity contribution in [3.8, 4) is 5.75 Å². The molecule has 112 valence electrons. The molecule has 0 aliphatic rings. The molecule has 5 heteroatoms. The van der Waals surface area contributed by atoms with Crippen molar-refractivity contribution in [3.05, 3.63) is 46.8 Å². The molecule has 1 aromatic carbocycles. The van der Waals surface area contributed by atoms with Gasteiger partial charge in [-0.25, -0.2) is 4.79 Å². The van der Waals surface area contributed by atoms with Gasteiger partial charge in [-0.1, -0.05) is 0 Å². The number of aromatic amines is 1. The first-order valence-electron chi connectivity index (χ1n) is 6.93. The molecular weight excluding hydrogens is 268 g/mol. The summed E-state index contributed by atoms with van der Waals surface area (Å²) in [5.74, 6) is 0.413. The number of carbonyl (C=O) groups excluding carboxylic acids is 1. The number of rotatable bonds is 6. The second-order valence-corrected chi connectivity index (χ2v) is 4.88. The Labute approximate surface area is 124 Å². The molecule has 0 spiro atoms. The number of nitrogens with one attached hydrogen (secondary N) is 1. The molecule has 0 unspecified atom stereocenters. The fourth-order valence-electron chi connectivity index (χ4n) is 2.19. The van der Waals surface area contributed by atoms with Gasteiger partial charge in [0.1, 0.15) is 5.75 Å². The predicted molar refractivity (Wildman–Crippen MR) is 79.7 cm³/mol. The first kappa shape index (κ1) is 15.1. The van der Waals surface area contributed by atoms with E-state index in [1.165, 1.54) is 12.7 Å². The second-order valence-electron chi connectivity index (χ2n) is 4.88. The largest absolute Gasteiger partial charge is 0.494 e. The van der Waals surface area contributed by atoms with Gasteiger partial charge in [0.15, 0.2) is 0 Å². The number of aromatic nitrogens is 2. The summed E-state index contributed by atoms with van der Waals surface area (Å²) in [4.78, 5) is 11.3. The third-order valence-corrected chi connectivity index (χ3v) is 3.40. The highest BCUT2D eigenvalue weighted by atomic mass is 16.5. The standard InChI is InChI=1S/C16H20N2O3/c1-11-15(12(2)18-17-11)5-4-10-21-14-8-6-13(7-9-14)16(19)20-3/h6-9H,4-5,10H2,1-3H3,(H,17,18). The van der Waals surface area contributed by atoms with Gasteiger partial charge in [-0.3, -0.25) is 5.10 Å². The maximum atomic E-state index is 11.3. The highest BCUT2D eigenvalue weighted by Gasteiger charge is 2.07. The van der Waals surface area contributed by atoms with E-state index >= 15 is 0 Å². The summed E-state index contributed by atoms with van der Waals surface area (Å²) < 4.78 is 10.3. The molecule has 0 aliphatic carbocycles. The Bertz CT molecular complexity index is 583. The number of benzene rings is 1. The van der Waals surface area contributed by atoms with E-state index in [1.54, 1.807) is 24.3 Å². The van der Waals surface area contributed by atoms with Gasteiger partial charge in [-0.15, -0.1) is 0 Å². The number of hydrogen-bond donors (Lipinski definition) is 1. The third kappa shape index (κ3) is 3.84. The van der Waals surface area contributed by atoms with Crippen molar-refractivity contribution in [2.24, 2.45) is 0 Å². The van der Waals surface area contributed by atoms with Gasteiger partial charge in [-0.2, -0.15) is 5.10 Å². The number of carbonyl (C=O) groups is 1. The highest BCUT2D eigenvalue weighted by molar-refractivity contribution is 5.89. The van der Waals surface area contributed by atoms with Gasteiger partial charge in [-0.05, 0) is 56.5 Å². The monoisotopic (exact) mass is 288 g/mol. The zero-order chi connectivity index (χ0) is 15.2. The van der Waals surface area contributed by atoms with Crippen molar-refractivity contribution in [2.45, 2.75) is 26.7 Å². The highest BCUT2D eigenvalue weighted by Crippen LogP contribution is 2.15. The Kier molecular flexibility index (Phi) is 4.98. The minimum Gasteiger partial charge on any atom is -0.494 e. The number of esters is 1. The van der Waals surface area contributed by atoms with E-state index in [0.717, 1.165) is 30.0 Å². The fourth-order valence-corrected chi connectivity index (χ4v) is 2.19. The van der Waals surface area contributed by atoms with E-state index in [9.17, 15) is 4.79 Å². The van der Waals surface area contributed by atoms with Gasteiger partial charge in [0.25, 0.3) is 0 Å². The van der Waals surface area contributed by atoms with E-state index in [2.05, 4.69) is 14.9 Å². The van der Waals surface area contributed by atoms with E-state index in [4.69, 9.17) is 4.74 Å². The van der Waals surface area contributed by atoms with E-state index in [0.29, 0.717) is 12.2 Å². The molecule has 0 bridgehead atoms. The van der Waals surface area contributed by atoms with Crippen LogP contribution in [0.25, 0.3) is 0 Å². The van der Waals surface area contributed by atoms with Gasteiger partial charge < -0.3 is 9.47 Å². The fraction of sp³-hybridized carbons (Fsp3) is 0.375. The van der Waals surface area contributed by atoms with Crippen molar-refractivity contribution in [1.82, 2.24) is 10.2 Å². The summed E-state index contributed by atoms with van der Waals surface area (Å²) in [7, 11) is 1.37. The summed E-state index contributed by atoms with van der Waals surface area (Å²) in [5, 5.41) is 7.16. The molecule has 2 aromatic rings. The molecule has 0 amide bonds. The minimum absolute atomic E-state index is 0.340. The van der Waals surface area contributed by atoms with Gasteiger partial charge in [0.2, 0.25) is 0 Å². The molecule has 21 heavy (non-hydrogen) atoms. The van der Waals surface area contributed by atoms with E-state index in [1.807, 2.05) is 13.8 Å². The minimum atomic E-state index is -0.340. The summed E-state index contributed by atoms with van der Waals surface area (Å²) in [5.41, 5.74) is 3.96. The van der Waals surface area contributed by atoms with Crippen molar-refractivity contribution >= 4 is 5.97 Å². The molecule has 1 heterocycles.